The molecule has 2 amide bonds. The van der Waals surface area contributed by atoms with Gasteiger partial charge in [-0.3, -0.25) is 9.59 Å². The summed E-state index contributed by atoms with van der Waals surface area (Å²) in [5.74, 6) is 0.264. The zero-order chi connectivity index (χ0) is 16.9. The molecule has 1 rings (SSSR count). The molecular weight excluding hydrogens is 301 g/mol. The summed E-state index contributed by atoms with van der Waals surface area (Å²) >= 11 is 0. The third kappa shape index (κ3) is 4.49. The maximum absolute atomic E-state index is 12.4. The topological polar surface area (TPSA) is 92.4 Å². The SMILES string of the molecule is C#CC[C@@H](NC(=O)[C@@H](O)c1ccc(C(F)(F)F)cc1)C(N)=O. The van der Waals surface area contributed by atoms with Gasteiger partial charge in [0, 0.05) is 6.42 Å². The van der Waals surface area contributed by atoms with E-state index in [-0.39, 0.29) is 12.0 Å². The summed E-state index contributed by atoms with van der Waals surface area (Å²) in [5, 5.41) is 11.9. The molecule has 0 aromatic heterocycles. The van der Waals surface area contributed by atoms with E-state index in [0.717, 1.165) is 24.3 Å². The third-order valence-electron chi connectivity index (χ3n) is 2.78. The number of primary amides is 1. The van der Waals surface area contributed by atoms with Gasteiger partial charge in [-0.2, -0.15) is 13.2 Å². The molecule has 0 saturated carbocycles. The molecule has 2 atom stereocenters. The van der Waals surface area contributed by atoms with E-state index in [1.165, 1.54) is 0 Å². The molecule has 0 radical (unpaired) electrons. The van der Waals surface area contributed by atoms with Crippen LogP contribution in [0.25, 0.3) is 0 Å². The molecule has 0 bridgehead atoms. The van der Waals surface area contributed by atoms with Gasteiger partial charge in [-0.05, 0) is 17.7 Å². The fourth-order valence-corrected chi connectivity index (χ4v) is 1.60. The Morgan fingerprint density at radius 2 is 1.86 bits per heavy atom. The summed E-state index contributed by atoms with van der Waals surface area (Å²) in [6.07, 6.45) is -1.42. The van der Waals surface area contributed by atoms with Gasteiger partial charge in [-0.15, -0.1) is 12.3 Å². The first-order valence-electron chi connectivity index (χ1n) is 6.05. The molecule has 0 aliphatic carbocycles. The van der Waals surface area contributed by atoms with Crippen LogP contribution in [-0.2, 0) is 15.8 Å². The number of halogens is 3. The molecule has 1 aromatic carbocycles. The van der Waals surface area contributed by atoms with Crippen molar-refractivity contribution in [3.05, 3.63) is 35.4 Å². The minimum Gasteiger partial charge on any atom is -0.378 e. The second-order valence-electron chi connectivity index (χ2n) is 4.39. The second-order valence-corrected chi connectivity index (χ2v) is 4.39. The van der Waals surface area contributed by atoms with Crippen LogP contribution in [-0.4, -0.2) is 23.0 Å². The average molecular weight is 314 g/mol. The molecule has 4 N–H and O–H groups in total. The molecule has 8 heteroatoms. The maximum atomic E-state index is 12.4. The van der Waals surface area contributed by atoms with Crippen molar-refractivity contribution in [1.29, 1.82) is 0 Å². The average Bonchev–Trinajstić information content (AvgIpc) is 2.45. The van der Waals surface area contributed by atoms with E-state index in [1.54, 1.807) is 0 Å². The van der Waals surface area contributed by atoms with E-state index in [0.29, 0.717) is 0 Å². The van der Waals surface area contributed by atoms with Crippen LogP contribution in [0.15, 0.2) is 24.3 Å². The van der Waals surface area contributed by atoms with E-state index >= 15 is 0 Å². The minimum absolute atomic E-state index is 0.0607. The highest BCUT2D eigenvalue weighted by atomic mass is 19.4. The molecule has 0 aliphatic heterocycles. The van der Waals surface area contributed by atoms with Crippen molar-refractivity contribution in [3.63, 3.8) is 0 Å². The van der Waals surface area contributed by atoms with Crippen LogP contribution in [0.4, 0.5) is 13.2 Å². The number of carbonyl (C=O) groups is 2. The molecule has 0 unspecified atom stereocenters. The molecule has 118 valence electrons. The summed E-state index contributed by atoms with van der Waals surface area (Å²) in [5.41, 5.74) is 4.05. The third-order valence-corrected chi connectivity index (χ3v) is 2.78. The number of terminal acetylenes is 1. The lowest BCUT2D eigenvalue weighted by molar-refractivity contribution is -0.137. The van der Waals surface area contributed by atoms with Crippen LogP contribution >= 0.6 is 0 Å². The Morgan fingerprint density at radius 3 is 2.27 bits per heavy atom. The lowest BCUT2D eigenvalue weighted by Crippen LogP contribution is -2.45. The first-order valence-corrected chi connectivity index (χ1v) is 6.05. The van der Waals surface area contributed by atoms with Gasteiger partial charge < -0.3 is 16.2 Å². The number of aliphatic hydroxyl groups is 1. The van der Waals surface area contributed by atoms with Crippen LogP contribution in [0.1, 0.15) is 23.7 Å². The summed E-state index contributed by atoms with van der Waals surface area (Å²) in [4.78, 5) is 22.8. The summed E-state index contributed by atoms with van der Waals surface area (Å²) in [7, 11) is 0. The summed E-state index contributed by atoms with van der Waals surface area (Å²) < 4.78 is 37.2. The van der Waals surface area contributed by atoms with Crippen LogP contribution in [0, 0.1) is 12.3 Å². The van der Waals surface area contributed by atoms with Crippen molar-refractivity contribution in [3.8, 4) is 12.3 Å². The predicted octanol–water partition coefficient (Wildman–Crippen LogP) is 0.732. The largest absolute Gasteiger partial charge is 0.416 e. The van der Waals surface area contributed by atoms with Crippen molar-refractivity contribution in [2.45, 2.75) is 24.7 Å². The van der Waals surface area contributed by atoms with Crippen molar-refractivity contribution in [2.24, 2.45) is 5.73 Å². The summed E-state index contributed by atoms with van der Waals surface area (Å²) in [6, 6.07) is 2.24. The maximum Gasteiger partial charge on any atom is 0.416 e. The quantitative estimate of drug-likeness (QED) is 0.700. The number of nitrogens with two attached hydrogens (primary N) is 1. The second kappa shape index (κ2) is 6.95. The highest BCUT2D eigenvalue weighted by Gasteiger charge is 2.31. The van der Waals surface area contributed by atoms with Crippen molar-refractivity contribution in [1.82, 2.24) is 5.32 Å². The Morgan fingerprint density at radius 1 is 1.32 bits per heavy atom. The number of aliphatic hydroxyl groups excluding tert-OH is 1. The van der Waals surface area contributed by atoms with Gasteiger partial charge in [-0.1, -0.05) is 12.1 Å². The Labute approximate surface area is 124 Å². The molecule has 0 fully saturated rings. The molecule has 0 spiro atoms. The first-order chi connectivity index (χ1) is 10.2. The minimum atomic E-state index is -4.52. The van der Waals surface area contributed by atoms with Crippen LogP contribution in [0.3, 0.4) is 0 Å². The Kier molecular flexibility index (Phi) is 5.54. The van der Waals surface area contributed by atoms with Crippen LogP contribution in [0.2, 0.25) is 0 Å². The molecule has 1 aromatic rings. The zero-order valence-electron chi connectivity index (χ0n) is 11.2. The number of carbonyl (C=O) groups excluding carboxylic acids is 2. The van der Waals surface area contributed by atoms with Crippen molar-refractivity contribution >= 4 is 11.8 Å². The van der Waals surface area contributed by atoms with E-state index < -0.39 is 35.7 Å². The van der Waals surface area contributed by atoms with Gasteiger partial charge in [0.2, 0.25) is 5.91 Å². The Hall–Kier alpha value is -2.53. The number of alkyl halides is 3. The van der Waals surface area contributed by atoms with Gasteiger partial charge >= 0.3 is 6.18 Å². The molecule has 22 heavy (non-hydrogen) atoms. The standard InChI is InChI=1S/C14H13F3N2O3/c1-2-3-10(12(18)21)19-13(22)11(20)8-4-6-9(7-5-8)14(15,16)17/h1,4-7,10-11,20H,3H2,(H2,18,21)(H,19,22)/t10-,11+/m1/s1. The van der Waals surface area contributed by atoms with Gasteiger partial charge in [0.15, 0.2) is 6.10 Å². The van der Waals surface area contributed by atoms with Crippen LogP contribution < -0.4 is 11.1 Å². The number of nitrogens with one attached hydrogen (secondary N) is 1. The molecule has 0 saturated heterocycles. The monoisotopic (exact) mass is 314 g/mol. The van der Waals surface area contributed by atoms with Crippen molar-refractivity contribution in [2.75, 3.05) is 0 Å². The van der Waals surface area contributed by atoms with Gasteiger partial charge in [0.05, 0.1) is 5.56 Å². The normalized spacial score (nSPS) is 13.8. The van der Waals surface area contributed by atoms with E-state index in [9.17, 15) is 27.9 Å². The van der Waals surface area contributed by atoms with Gasteiger partial charge in [-0.25, -0.2) is 0 Å². The smallest absolute Gasteiger partial charge is 0.378 e. The van der Waals surface area contributed by atoms with Crippen LogP contribution in [0.5, 0.6) is 0 Å². The predicted molar refractivity (Wildman–Crippen MR) is 71.0 cm³/mol. The zero-order valence-corrected chi connectivity index (χ0v) is 11.2. The highest BCUT2D eigenvalue weighted by Crippen LogP contribution is 2.29. The lowest BCUT2D eigenvalue weighted by atomic mass is 10.1. The van der Waals surface area contributed by atoms with Gasteiger partial charge in [0.25, 0.3) is 5.91 Å². The lowest BCUT2D eigenvalue weighted by Gasteiger charge is -2.17. The summed E-state index contributed by atoms with van der Waals surface area (Å²) in [6.45, 7) is 0. The van der Waals surface area contributed by atoms with E-state index in [2.05, 4.69) is 11.2 Å². The van der Waals surface area contributed by atoms with E-state index in [4.69, 9.17) is 12.2 Å². The van der Waals surface area contributed by atoms with Gasteiger partial charge in [0.1, 0.15) is 6.04 Å². The molecular formula is C14H13F3N2O3. The number of benzene rings is 1. The molecule has 0 aliphatic rings. The number of hydrogen-bond acceptors (Lipinski definition) is 3. The number of amides is 2. The van der Waals surface area contributed by atoms with E-state index in [1.807, 2.05) is 0 Å². The fraction of sp³-hybridized carbons (Fsp3) is 0.286. The molecule has 0 heterocycles. The van der Waals surface area contributed by atoms with Crippen molar-refractivity contribution < 1.29 is 27.9 Å². The number of rotatable bonds is 5. The fourth-order valence-electron chi connectivity index (χ4n) is 1.60. The Balaban J connectivity index is 2.83. The number of hydrogen-bond donors (Lipinski definition) is 3. The molecule has 5 nitrogen and oxygen atoms in total. The Bertz CT molecular complexity index is 591. The highest BCUT2D eigenvalue weighted by molar-refractivity contribution is 5.89. The first kappa shape index (κ1) is 17.5.